The molecule has 0 aliphatic carbocycles. The molecular formula is C22H28ClFN4O2. The minimum Gasteiger partial charge on any atom is -0.356 e. The molecule has 1 aromatic carbocycles. The molecule has 2 amide bonds. The van der Waals surface area contributed by atoms with Gasteiger partial charge < -0.3 is 10.2 Å². The molecule has 0 saturated carbocycles. The van der Waals surface area contributed by atoms with Gasteiger partial charge in [-0.2, -0.15) is 5.10 Å². The highest BCUT2D eigenvalue weighted by Gasteiger charge is 2.31. The van der Waals surface area contributed by atoms with Crippen LogP contribution in [0.5, 0.6) is 0 Å². The number of rotatable bonds is 7. The number of nitrogens with one attached hydrogen (secondary N) is 1. The van der Waals surface area contributed by atoms with Crippen molar-refractivity contribution < 1.29 is 14.0 Å². The Morgan fingerprint density at radius 2 is 2.03 bits per heavy atom. The molecule has 2 aromatic rings. The van der Waals surface area contributed by atoms with E-state index in [0.717, 1.165) is 31.2 Å². The van der Waals surface area contributed by atoms with Crippen LogP contribution >= 0.6 is 11.6 Å². The summed E-state index contributed by atoms with van der Waals surface area (Å²) in [5.74, 6) is -0.701. The summed E-state index contributed by atoms with van der Waals surface area (Å²) in [6.45, 7) is 5.82. The fraction of sp³-hybridized carbons (Fsp3) is 0.500. The van der Waals surface area contributed by atoms with E-state index in [1.165, 1.54) is 12.1 Å². The molecule has 162 valence electrons. The molecule has 1 aliphatic rings. The number of amides is 2. The van der Waals surface area contributed by atoms with Crippen molar-refractivity contribution in [2.75, 3.05) is 19.6 Å². The number of piperidine rings is 1. The lowest BCUT2D eigenvalue weighted by atomic mass is 9.96. The Kier molecular flexibility index (Phi) is 7.48. The van der Waals surface area contributed by atoms with Gasteiger partial charge in [-0.15, -0.1) is 0 Å². The molecule has 1 aliphatic heterocycles. The van der Waals surface area contributed by atoms with E-state index < -0.39 is 0 Å². The first kappa shape index (κ1) is 22.3. The van der Waals surface area contributed by atoms with E-state index in [1.807, 2.05) is 0 Å². The molecule has 0 spiro atoms. The fourth-order valence-electron chi connectivity index (χ4n) is 3.73. The van der Waals surface area contributed by atoms with Crippen LogP contribution in [0.3, 0.4) is 0 Å². The van der Waals surface area contributed by atoms with Gasteiger partial charge in [-0.3, -0.25) is 9.59 Å². The largest absolute Gasteiger partial charge is 0.356 e. The van der Waals surface area contributed by atoms with Crippen molar-refractivity contribution in [1.82, 2.24) is 20.0 Å². The Bertz CT molecular complexity index is 897. The van der Waals surface area contributed by atoms with Crippen molar-refractivity contribution in [2.24, 2.45) is 5.92 Å². The third-order valence-electron chi connectivity index (χ3n) is 5.43. The predicted octanol–water partition coefficient (Wildman–Crippen LogP) is 3.80. The maximum Gasteiger partial charge on any atom is 0.258 e. The van der Waals surface area contributed by atoms with Crippen molar-refractivity contribution in [2.45, 2.75) is 46.1 Å². The van der Waals surface area contributed by atoms with E-state index in [4.69, 9.17) is 11.6 Å². The van der Waals surface area contributed by atoms with Gasteiger partial charge in [0.15, 0.2) is 0 Å². The highest BCUT2D eigenvalue weighted by Crippen LogP contribution is 2.25. The van der Waals surface area contributed by atoms with Crippen LogP contribution < -0.4 is 5.32 Å². The zero-order valence-corrected chi connectivity index (χ0v) is 18.2. The Hall–Kier alpha value is -2.41. The molecule has 0 radical (unpaired) electrons. The van der Waals surface area contributed by atoms with E-state index in [1.54, 1.807) is 28.6 Å². The summed E-state index contributed by atoms with van der Waals surface area (Å²) in [5.41, 5.74) is 1.74. The number of nitrogens with zero attached hydrogens (tertiary/aromatic N) is 3. The number of aryl methyl sites for hydroxylation is 1. The fourth-order valence-corrected chi connectivity index (χ4v) is 4.05. The van der Waals surface area contributed by atoms with Crippen LogP contribution in [-0.2, 0) is 11.3 Å². The predicted molar refractivity (Wildman–Crippen MR) is 114 cm³/mol. The standard InChI is InChI=1S/C22H28ClFN4O2/c1-3-4-11-25-21(29)17-6-5-12-27(14-17)22(30)19-15(2)26-28(20(19)23)13-16-7-9-18(24)10-8-16/h7-10,17H,3-6,11-14H2,1-2H3,(H,25,29). The van der Waals surface area contributed by atoms with E-state index >= 15 is 0 Å². The highest BCUT2D eigenvalue weighted by atomic mass is 35.5. The molecule has 0 bridgehead atoms. The maximum atomic E-state index is 13.2. The summed E-state index contributed by atoms with van der Waals surface area (Å²) in [4.78, 5) is 27.3. The normalized spacial score (nSPS) is 16.5. The second-order valence-electron chi connectivity index (χ2n) is 7.77. The van der Waals surface area contributed by atoms with Crippen LogP contribution in [-0.4, -0.2) is 46.1 Å². The summed E-state index contributed by atoms with van der Waals surface area (Å²) >= 11 is 6.51. The van der Waals surface area contributed by atoms with Crippen LogP contribution in [0.25, 0.3) is 0 Å². The molecule has 1 N–H and O–H groups in total. The molecular weight excluding hydrogens is 407 g/mol. The Morgan fingerprint density at radius 1 is 1.30 bits per heavy atom. The van der Waals surface area contributed by atoms with E-state index in [2.05, 4.69) is 17.3 Å². The first-order valence-corrected chi connectivity index (χ1v) is 10.8. The number of aromatic nitrogens is 2. The van der Waals surface area contributed by atoms with Gasteiger partial charge >= 0.3 is 0 Å². The highest BCUT2D eigenvalue weighted by molar-refractivity contribution is 6.33. The zero-order valence-electron chi connectivity index (χ0n) is 17.5. The minimum atomic E-state index is -0.309. The molecule has 1 fully saturated rings. The van der Waals surface area contributed by atoms with Gasteiger partial charge in [-0.05, 0) is 43.9 Å². The van der Waals surface area contributed by atoms with Crippen molar-refractivity contribution in [3.05, 3.63) is 52.1 Å². The van der Waals surface area contributed by atoms with Crippen molar-refractivity contribution in [3.63, 3.8) is 0 Å². The molecule has 2 heterocycles. The lowest BCUT2D eigenvalue weighted by Gasteiger charge is -2.32. The molecule has 1 unspecified atom stereocenters. The number of unbranched alkanes of at least 4 members (excludes halogenated alkanes) is 1. The van der Waals surface area contributed by atoms with Gasteiger partial charge in [0.05, 0.1) is 23.7 Å². The molecule has 30 heavy (non-hydrogen) atoms. The number of carbonyl (C=O) groups is 2. The quantitative estimate of drug-likeness (QED) is 0.674. The van der Waals surface area contributed by atoms with Gasteiger partial charge in [0, 0.05) is 19.6 Å². The molecule has 8 heteroatoms. The van der Waals surface area contributed by atoms with E-state index in [-0.39, 0.29) is 28.7 Å². The van der Waals surface area contributed by atoms with Crippen molar-refractivity contribution in [3.8, 4) is 0 Å². The molecule has 1 atom stereocenters. The Balaban J connectivity index is 1.70. The van der Waals surface area contributed by atoms with Gasteiger partial charge in [0.25, 0.3) is 5.91 Å². The average Bonchev–Trinajstić information content (AvgIpc) is 3.02. The van der Waals surface area contributed by atoms with Gasteiger partial charge in [0.2, 0.25) is 5.91 Å². The summed E-state index contributed by atoms with van der Waals surface area (Å²) < 4.78 is 14.7. The third kappa shape index (κ3) is 5.19. The van der Waals surface area contributed by atoms with Crippen LogP contribution in [0.1, 0.15) is 54.2 Å². The number of hydrogen-bond acceptors (Lipinski definition) is 3. The van der Waals surface area contributed by atoms with Crippen molar-refractivity contribution in [1.29, 1.82) is 0 Å². The van der Waals surface area contributed by atoms with Crippen molar-refractivity contribution >= 4 is 23.4 Å². The number of halogens is 2. The number of benzene rings is 1. The van der Waals surface area contributed by atoms with Crippen LogP contribution in [0.4, 0.5) is 4.39 Å². The third-order valence-corrected chi connectivity index (χ3v) is 5.82. The zero-order chi connectivity index (χ0) is 21.7. The number of carbonyl (C=O) groups excluding carboxylic acids is 2. The minimum absolute atomic E-state index is 0.00998. The average molecular weight is 435 g/mol. The van der Waals surface area contributed by atoms with E-state index in [0.29, 0.717) is 37.4 Å². The van der Waals surface area contributed by atoms with Crippen LogP contribution in [0, 0.1) is 18.7 Å². The smallest absolute Gasteiger partial charge is 0.258 e. The molecule has 3 rings (SSSR count). The van der Waals surface area contributed by atoms with Crippen LogP contribution in [0.15, 0.2) is 24.3 Å². The maximum absolute atomic E-state index is 13.2. The van der Waals surface area contributed by atoms with Gasteiger partial charge in [-0.25, -0.2) is 9.07 Å². The first-order chi connectivity index (χ1) is 14.4. The first-order valence-electron chi connectivity index (χ1n) is 10.4. The summed E-state index contributed by atoms with van der Waals surface area (Å²) in [7, 11) is 0. The second kappa shape index (κ2) is 10.1. The molecule has 1 aromatic heterocycles. The van der Waals surface area contributed by atoms with Gasteiger partial charge in [0.1, 0.15) is 11.0 Å². The second-order valence-corrected chi connectivity index (χ2v) is 8.13. The lowest BCUT2D eigenvalue weighted by Crippen LogP contribution is -2.45. The number of hydrogen-bond donors (Lipinski definition) is 1. The molecule has 1 saturated heterocycles. The topological polar surface area (TPSA) is 67.2 Å². The summed E-state index contributed by atoms with van der Waals surface area (Å²) in [5, 5.41) is 7.64. The monoisotopic (exact) mass is 434 g/mol. The summed E-state index contributed by atoms with van der Waals surface area (Å²) in [6.07, 6.45) is 3.52. The Morgan fingerprint density at radius 3 is 2.73 bits per heavy atom. The van der Waals surface area contributed by atoms with E-state index in [9.17, 15) is 14.0 Å². The SMILES string of the molecule is CCCCNC(=O)C1CCCN(C(=O)c2c(C)nn(Cc3ccc(F)cc3)c2Cl)C1. The summed E-state index contributed by atoms with van der Waals surface area (Å²) in [6, 6.07) is 6.09. The van der Waals surface area contributed by atoms with Gasteiger partial charge in [-0.1, -0.05) is 37.1 Å². The number of likely N-dealkylation sites (tertiary alicyclic amines) is 1. The lowest BCUT2D eigenvalue weighted by molar-refractivity contribution is -0.126. The molecule has 6 nitrogen and oxygen atoms in total. The van der Waals surface area contributed by atoms with Crippen LogP contribution in [0.2, 0.25) is 5.15 Å². The Labute approximate surface area is 181 Å².